The Morgan fingerprint density at radius 3 is 0.909 bits per heavy atom. The SMILES string of the molecule is CCCCCCCCCCCCOP(=O)([O-])OCC(C)C.CCCCCCCCCCCCOP(=O)([O-])OCC(C)C.[K+].[Na+]. The Morgan fingerprint density at radius 2 is 0.682 bits per heavy atom. The summed E-state index contributed by atoms with van der Waals surface area (Å²) < 4.78 is 41.9. The van der Waals surface area contributed by atoms with Crippen molar-refractivity contribution >= 4 is 15.6 Å². The van der Waals surface area contributed by atoms with Crippen LogP contribution in [0.3, 0.4) is 0 Å². The van der Waals surface area contributed by atoms with Gasteiger partial charge in [-0.2, -0.15) is 0 Å². The van der Waals surface area contributed by atoms with E-state index in [4.69, 9.17) is 18.1 Å². The average molecular weight is 705 g/mol. The van der Waals surface area contributed by atoms with E-state index in [-0.39, 0.29) is 119 Å². The molecule has 0 aromatic carbocycles. The molecule has 0 saturated carbocycles. The van der Waals surface area contributed by atoms with Crippen molar-refractivity contribution in [3.05, 3.63) is 0 Å². The van der Waals surface area contributed by atoms with Gasteiger partial charge in [-0.25, -0.2) is 0 Å². The predicted octanol–water partition coefficient (Wildman–Crippen LogP) is 4.14. The van der Waals surface area contributed by atoms with Gasteiger partial charge >= 0.3 is 80.9 Å². The molecule has 0 radical (unpaired) electrons. The first-order valence-electron chi connectivity index (χ1n) is 17.2. The molecule has 0 amide bonds. The van der Waals surface area contributed by atoms with Crippen molar-refractivity contribution in [1.29, 1.82) is 0 Å². The molecule has 12 heteroatoms. The van der Waals surface area contributed by atoms with Gasteiger partial charge in [0.25, 0.3) is 15.6 Å². The normalized spacial score (nSPS) is 13.9. The molecule has 0 N–H and O–H groups in total. The van der Waals surface area contributed by atoms with Crippen LogP contribution in [-0.4, -0.2) is 26.4 Å². The van der Waals surface area contributed by atoms with Gasteiger partial charge in [-0.3, -0.25) is 9.13 Å². The molecule has 2 unspecified atom stereocenters. The van der Waals surface area contributed by atoms with E-state index in [1.54, 1.807) is 0 Å². The zero-order valence-corrected chi connectivity index (χ0v) is 37.2. The van der Waals surface area contributed by atoms with Crippen LogP contribution in [0.1, 0.15) is 170 Å². The molecule has 0 spiro atoms. The first-order chi connectivity index (χ1) is 20.0. The predicted molar refractivity (Wildman–Crippen MR) is 172 cm³/mol. The van der Waals surface area contributed by atoms with Crippen molar-refractivity contribution in [3.8, 4) is 0 Å². The van der Waals surface area contributed by atoms with Crippen molar-refractivity contribution in [3.63, 3.8) is 0 Å². The number of unbranched alkanes of at least 4 members (excludes halogenated alkanes) is 18. The van der Waals surface area contributed by atoms with Crippen LogP contribution in [0.15, 0.2) is 0 Å². The molecule has 0 saturated heterocycles. The van der Waals surface area contributed by atoms with Crippen molar-refractivity contribution in [2.45, 2.75) is 170 Å². The molecule has 0 fully saturated rings. The van der Waals surface area contributed by atoms with E-state index in [1.165, 1.54) is 89.9 Å². The summed E-state index contributed by atoms with van der Waals surface area (Å²) in [6.45, 7) is 13.0. The topological polar surface area (TPSA) is 117 Å². The molecule has 0 aliphatic heterocycles. The van der Waals surface area contributed by atoms with Gasteiger partial charge < -0.3 is 27.9 Å². The van der Waals surface area contributed by atoms with Crippen LogP contribution in [-0.2, 0) is 27.2 Å². The van der Waals surface area contributed by atoms with E-state index in [0.717, 1.165) is 38.5 Å². The van der Waals surface area contributed by atoms with E-state index < -0.39 is 15.6 Å². The summed E-state index contributed by atoms with van der Waals surface area (Å²) in [6.07, 6.45) is 24.4. The van der Waals surface area contributed by atoms with Gasteiger partial charge in [0.2, 0.25) is 0 Å². The van der Waals surface area contributed by atoms with E-state index in [9.17, 15) is 18.9 Å². The monoisotopic (exact) mass is 704 g/mol. The largest absolute Gasteiger partial charge is 1.00 e. The van der Waals surface area contributed by atoms with Crippen LogP contribution in [0, 0.1) is 11.8 Å². The second-order valence-corrected chi connectivity index (χ2v) is 15.1. The molecular weight excluding hydrogens is 636 g/mol. The summed E-state index contributed by atoms with van der Waals surface area (Å²) in [4.78, 5) is 22.8. The van der Waals surface area contributed by atoms with Gasteiger partial charge in [-0.05, 0) is 24.7 Å². The Kier molecular flexibility index (Phi) is 47.1. The summed E-state index contributed by atoms with van der Waals surface area (Å²) >= 11 is 0. The molecule has 0 bridgehead atoms. The van der Waals surface area contributed by atoms with Crippen LogP contribution < -0.4 is 90.7 Å². The van der Waals surface area contributed by atoms with Crippen LogP contribution in [0.2, 0.25) is 0 Å². The summed E-state index contributed by atoms with van der Waals surface area (Å²) in [5.74, 6) is 0.376. The van der Waals surface area contributed by atoms with Gasteiger partial charge in [0, 0.05) is 0 Å². The standard InChI is InChI=1S/2C16H35O4P.K.Na/c2*1-4-5-6-7-8-9-10-11-12-13-14-19-21(17,18)20-15-16(2)3;;/h2*16H,4-15H2,1-3H3,(H,17,18);;/q;;2*+1/p-2. The number of phosphoric acid groups is 2. The van der Waals surface area contributed by atoms with Crippen LogP contribution in [0.4, 0.5) is 0 Å². The second kappa shape index (κ2) is 38.7. The smallest absolute Gasteiger partial charge is 0.756 e. The molecule has 2 atom stereocenters. The molecule has 0 heterocycles. The molecule has 8 nitrogen and oxygen atoms in total. The summed E-state index contributed by atoms with van der Waals surface area (Å²) in [5, 5.41) is 0. The number of rotatable bonds is 30. The van der Waals surface area contributed by atoms with E-state index in [2.05, 4.69) is 13.8 Å². The minimum absolute atomic E-state index is 0. The van der Waals surface area contributed by atoms with Gasteiger partial charge in [-0.15, -0.1) is 0 Å². The Labute approximate surface area is 338 Å². The summed E-state index contributed by atoms with van der Waals surface area (Å²) in [6, 6.07) is 0. The van der Waals surface area contributed by atoms with E-state index >= 15 is 0 Å². The quantitative estimate of drug-likeness (QED) is 0.0623. The fourth-order valence-electron chi connectivity index (χ4n) is 4.09. The van der Waals surface area contributed by atoms with Gasteiger partial charge in [0.1, 0.15) is 0 Å². The summed E-state index contributed by atoms with van der Waals surface area (Å²) in [5.41, 5.74) is 0. The third-order valence-corrected chi connectivity index (χ3v) is 8.55. The molecule has 256 valence electrons. The van der Waals surface area contributed by atoms with Crippen LogP contribution in [0.5, 0.6) is 0 Å². The average Bonchev–Trinajstić information content (AvgIpc) is 2.93. The third kappa shape index (κ3) is 47.0. The van der Waals surface area contributed by atoms with Crippen molar-refractivity contribution in [1.82, 2.24) is 0 Å². The van der Waals surface area contributed by atoms with E-state index in [1.807, 2.05) is 27.7 Å². The van der Waals surface area contributed by atoms with Gasteiger partial charge in [-0.1, -0.05) is 157 Å². The van der Waals surface area contributed by atoms with Crippen molar-refractivity contribution in [2.24, 2.45) is 11.8 Å². The summed E-state index contributed by atoms with van der Waals surface area (Å²) in [7, 11) is -8.15. The molecule has 0 aromatic heterocycles. The zero-order chi connectivity index (χ0) is 32.0. The Bertz CT molecular complexity index is 606. The molecule has 0 aliphatic rings. The van der Waals surface area contributed by atoms with Crippen LogP contribution in [0.25, 0.3) is 0 Å². The molecule has 0 aliphatic carbocycles. The van der Waals surface area contributed by atoms with Crippen LogP contribution >= 0.6 is 15.6 Å². The minimum atomic E-state index is -4.07. The van der Waals surface area contributed by atoms with Crippen molar-refractivity contribution in [2.75, 3.05) is 26.4 Å². The maximum absolute atomic E-state index is 11.4. The third-order valence-electron chi connectivity index (χ3n) is 6.63. The Hall–Kier alpha value is 2.86. The maximum Gasteiger partial charge on any atom is 1.00 e. The molecule has 0 rings (SSSR count). The number of phosphoric ester groups is 2. The molecular formula is C32H68KNaO8P2. The first-order valence-corrected chi connectivity index (χ1v) is 20.1. The Morgan fingerprint density at radius 1 is 0.455 bits per heavy atom. The maximum atomic E-state index is 11.4. The second-order valence-electron chi connectivity index (χ2n) is 12.3. The van der Waals surface area contributed by atoms with Crippen molar-refractivity contribution < 1.29 is 118 Å². The fraction of sp³-hybridized carbons (Fsp3) is 1.00. The van der Waals surface area contributed by atoms with E-state index in [0.29, 0.717) is 0 Å². The molecule has 44 heavy (non-hydrogen) atoms. The molecule has 0 aromatic rings. The number of hydrogen-bond donors (Lipinski definition) is 0. The van der Waals surface area contributed by atoms with Gasteiger partial charge in [0.15, 0.2) is 0 Å². The zero-order valence-electron chi connectivity index (χ0n) is 30.3. The Balaban J connectivity index is -0.000000348. The first kappa shape index (κ1) is 53.6. The number of hydrogen-bond acceptors (Lipinski definition) is 8. The minimum Gasteiger partial charge on any atom is -0.756 e. The fourth-order valence-corrected chi connectivity index (χ4v) is 5.90. The van der Waals surface area contributed by atoms with Gasteiger partial charge in [0.05, 0.1) is 26.4 Å².